The number of furan rings is 1. The molecule has 0 aliphatic heterocycles. The van der Waals surface area contributed by atoms with E-state index in [2.05, 4.69) is 5.32 Å². The first-order chi connectivity index (χ1) is 11.8. The second-order valence-corrected chi connectivity index (χ2v) is 5.13. The van der Waals surface area contributed by atoms with E-state index >= 15 is 0 Å². The molecule has 0 aliphatic rings. The lowest BCUT2D eigenvalue weighted by atomic mass is 10.1. The number of aryl methyl sites for hydroxylation is 1. The highest BCUT2D eigenvalue weighted by atomic mass is 16.5. The van der Waals surface area contributed by atoms with Crippen LogP contribution in [0.2, 0.25) is 0 Å². The van der Waals surface area contributed by atoms with E-state index in [9.17, 15) is 19.2 Å². The van der Waals surface area contributed by atoms with E-state index in [1.165, 1.54) is 6.92 Å². The lowest BCUT2D eigenvalue weighted by Crippen LogP contribution is -2.23. The molecule has 0 spiro atoms. The Hall–Kier alpha value is -2.84. The number of nitrogens with two attached hydrogens (primary N) is 1. The molecule has 138 valence electrons. The second-order valence-electron chi connectivity index (χ2n) is 5.13. The fraction of sp³-hybridized carbons (Fsp3) is 0.500. The van der Waals surface area contributed by atoms with Gasteiger partial charge in [-0.1, -0.05) is 13.3 Å². The van der Waals surface area contributed by atoms with Crippen molar-refractivity contribution in [1.82, 2.24) is 0 Å². The van der Waals surface area contributed by atoms with E-state index in [-0.39, 0.29) is 35.8 Å². The molecule has 0 unspecified atom stereocenters. The van der Waals surface area contributed by atoms with Crippen molar-refractivity contribution in [3.8, 4) is 0 Å². The summed E-state index contributed by atoms with van der Waals surface area (Å²) in [6.07, 6.45) is 1.70. The van der Waals surface area contributed by atoms with Crippen LogP contribution in [0.25, 0.3) is 0 Å². The molecule has 25 heavy (non-hydrogen) atoms. The highest BCUT2D eigenvalue weighted by Gasteiger charge is 2.29. The number of hydrogen-bond donors (Lipinski definition) is 2. The average Bonchev–Trinajstić information content (AvgIpc) is 2.87. The first-order valence-electron chi connectivity index (χ1n) is 7.87. The zero-order chi connectivity index (χ0) is 19.0. The zero-order valence-corrected chi connectivity index (χ0v) is 14.5. The summed E-state index contributed by atoms with van der Waals surface area (Å²) in [6, 6.07) is 0. The Kier molecular flexibility index (Phi) is 7.64. The number of amides is 2. The molecule has 0 fully saturated rings. The van der Waals surface area contributed by atoms with Crippen LogP contribution in [0.4, 0.5) is 5.88 Å². The first kappa shape index (κ1) is 20.2. The molecule has 0 saturated heterocycles. The van der Waals surface area contributed by atoms with Crippen LogP contribution >= 0.6 is 0 Å². The van der Waals surface area contributed by atoms with E-state index in [1.807, 2.05) is 6.92 Å². The molecule has 2 amide bonds. The summed E-state index contributed by atoms with van der Waals surface area (Å²) in [5.41, 5.74) is 4.83. The number of rotatable bonds is 9. The highest BCUT2D eigenvalue weighted by molar-refractivity contribution is 6.10. The van der Waals surface area contributed by atoms with Gasteiger partial charge in [-0.15, -0.1) is 0 Å². The topological polar surface area (TPSA) is 138 Å². The maximum atomic E-state index is 11.9. The molecule has 0 saturated carbocycles. The van der Waals surface area contributed by atoms with Gasteiger partial charge in [0, 0.05) is 6.42 Å². The maximum Gasteiger partial charge on any atom is 0.342 e. The number of ether oxygens (including phenoxy) is 2. The van der Waals surface area contributed by atoms with E-state index in [0.717, 1.165) is 6.42 Å². The van der Waals surface area contributed by atoms with Crippen molar-refractivity contribution < 1.29 is 33.1 Å². The van der Waals surface area contributed by atoms with E-state index in [1.54, 1.807) is 6.92 Å². The van der Waals surface area contributed by atoms with Crippen molar-refractivity contribution in [2.24, 2.45) is 5.73 Å². The molecule has 1 rings (SSSR count). The lowest BCUT2D eigenvalue weighted by molar-refractivity contribution is -0.147. The Bertz CT molecular complexity index is 664. The molecule has 3 N–H and O–H groups in total. The number of anilines is 1. The third-order valence-corrected chi connectivity index (χ3v) is 3.16. The monoisotopic (exact) mass is 354 g/mol. The third-order valence-electron chi connectivity index (χ3n) is 3.16. The van der Waals surface area contributed by atoms with Gasteiger partial charge in [-0.25, -0.2) is 4.79 Å². The zero-order valence-electron chi connectivity index (χ0n) is 14.5. The number of primary amides is 1. The third kappa shape index (κ3) is 5.63. The predicted octanol–water partition coefficient (Wildman–Crippen LogP) is 1.54. The van der Waals surface area contributed by atoms with Crippen LogP contribution in [0.3, 0.4) is 0 Å². The van der Waals surface area contributed by atoms with E-state index in [0.29, 0.717) is 6.42 Å². The second kappa shape index (κ2) is 9.45. The molecular weight excluding hydrogens is 332 g/mol. The lowest BCUT2D eigenvalue weighted by Gasteiger charge is -2.06. The van der Waals surface area contributed by atoms with Gasteiger partial charge in [-0.05, 0) is 20.3 Å². The van der Waals surface area contributed by atoms with E-state index < -0.39 is 30.4 Å². The van der Waals surface area contributed by atoms with Gasteiger partial charge in [-0.2, -0.15) is 0 Å². The number of hydrogen-bond acceptors (Lipinski definition) is 7. The number of unbranched alkanes of at least 4 members (excludes halogenated alkanes) is 1. The Morgan fingerprint density at radius 1 is 1.12 bits per heavy atom. The number of esters is 2. The van der Waals surface area contributed by atoms with Gasteiger partial charge in [0.05, 0.1) is 6.61 Å². The molecule has 1 aromatic rings. The molecule has 1 heterocycles. The van der Waals surface area contributed by atoms with Gasteiger partial charge >= 0.3 is 11.9 Å². The van der Waals surface area contributed by atoms with Crippen LogP contribution in [-0.2, 0) is 19.1 Å². The Labute approximate surface area is 144 Å². The molecular formula is C16H22N2O7. The Morgan fingerprint density at radius 3 is 2.36 bits per heavy atom. The number of carbonyl (C=O) groups is 4. The van der Waals surface area contributed by atoms with Gasteiger partial charge in [0.2, 0.25) is 5.88 Å². The van der Waals surface area contributed by atoms with Crippen molar-refractivity contribution in [1.29, 1.82) is 0 Å². The SMILES string of the molecule is CCCCC(=O)OCC(=O)Nc1oc(C)c(C(=O)OCC)c1C(N)=O. The average molecular weight is 354 g/mol. The smallest absolute Gasteiger partial charge is 0.342 e. The summed E-state index contributed by atoms with van der Waals surface area (Å²) in [6.45, 7) is 4.50. The van der Waals surface area contributed by atoms with Gasteiger partial charge in [-0.3, -0.25) is 19.7 Å². The Morgan fingerprint density at radius 2 is 1.80 bits per heavy atom. The summed E-state index contributed by atoms with van der Waals surface area (Å²) in [5.74, 6) is -3.20. The summed E-state index contributed by atoms with van der Waals surface area (Å²) in [7, 11) is 0. The van der Waals surface area contributed by atoms with Crippen LogP contribution in [0, 0.1) is 6.92 Å². The molecule has 0 aromatic carbocycles. The molecule has 9 heteroatoms. The van der Waals surface area contributed by atoms with Gasteiger partial charge in [0.25, 0.3) is 11.8 Å². The van der Waals surface area contributed by atoms with Gasteiger partial charge < -0.3 is 19.6 Å². The quantitative estimate of drug-likeness (QED) is 0.641. The summed E-state index contributed by atoms with van der Waals surface area (Å²) in [5, 5.41) is 2.27. The van der Waals surface area contributed by atoms with Crippen LogP contribution < -0.4 is 11.1 Å². The number of carbonyl (C=O) groups excluding carboxylic acids is 4. The standard InChI is InChI=1S/C16H22N2O7/c1-4-6-7-11(20)24-8-10(19)18-15-13(14(17)21)12(9(3)25-15)16(22)23-5-2/h4-8H2,1-3H3,(H2,17,21)(H,18,19). The first-order valence-corrected chi connectivity index (χ1v) is 7.87. The summed E-state index contributed by atoms with van der Waals surface area (Å²) in [4.78, 5) is 46.8. The number of nitrogens with one attached hydrogen (secondary N) is 1. The normalized spacial score (nSPS) is 10.2. The largest absolute Gasteiger partial charge is 0.462 e. The van der Waals surface area contributed by atoms with Crippen molar-refractivity contribution in [3.63, 3.8) is 0 Å². The minimum Gasteiger partial charge on any atom is -0.462 e. The van der Waals surface area contributed by atoms with Crippen molar-refractivity contribution >= 4 is 29.6 Å². The molecule has 0 bridgehead atoms. The van der Waals surface area contributed by atoms with Crippen molar-refractivity contribution in [3.05, 3.63) is 16.9 Å². The summed E-state index contributed by atoms with van der Waals surface area (Å²) >= 11 is 0. The summed E-state index contributed by atoms with van der Waals surface area (Å²) < 4.78 is 14.9. The molecule has 0 aliphatic carbocycles. The molecule has 9 nitrogen and oxygen atoms in total. The van der Waals surface area contributed by atoms with E-state index in [4.69, 9.17) is 19.6 Å². The predicted molar refractivity (Wildman–Crippen MR) is 87.0 cm³/mol. The van der Waals surface area contributed by atoms with Crippen LogP contribution in [0.5, 0.6) is 0 Å². The molecule has 0 atom stereocenters. The van der Waals surface area contributed by atoms with Crippen LogP contribution in [0.1, 0.15) is 59.6 Å². The van der Waals surface area contributed by atoms with Crippen LogP contribution in [0.15, 0.2) is 4.42 Å². The maximum absolute atomic E-state index is 11.9. The highest BCUT2D eigenvalue weighted by Crippen LogP contribution is 2.27. The Balaban J connectivity index is 2.86. The minimum absolute atomic E-state index is 0.0718. The molecule has 1 aromatic heterocycles. The van der Waals surface area contributed by atoms with Crippen molar-refractivity contribution in [2.45, 2.75) is 40.0 Å². The van der Waals surface area contributed by atoms with Gasteiger partial charge in [0.1, 0.15) is 16.9 Å². The molecule has 0 radical (unpaired) electrons. The fourth-order valence-electron chi connectivity index (χ4n) is 2.02. The fourth-order valence-corrected chi connectivity index (χ4v) is 2.02. The van der Waals surface area contributed by atoms with Crippen LogP contribution in [-0.4, -0.2) is 37.0 Å². The minimum atomic E-state index is -0.963. The van der Waals surface area contributed by atoms with Gasteiger partial charge in [0.15, 0.2) is 6.61 Å². The van der Waals surface area contributed by atoms with Crippen molar-refractivity contribution in [2.75, 3.05) is 18.5 Å².